The molecule has 3 heterocycles. The summed E-state index contributed by atoms with van der Waals surface area (Å²) >= 11 is 0. The van der Waals surface area contributed by atoms with Crippen LogP contribution < -0.4 is 9.64 Å². The van der Waals surface area contributed by atoms with Crippen LogP contribution in [0.2, 0.25) is 0 Å². The van der Waals surface area contributed by atoms with Gasteiger partial charge >= 0.3 is 0 Å². The molecule has 0 atom stereocenters. The molecule has 0 radical (unpaired) electrons. The third kappa shape index (κ3) is 2.65. The van der Waals surface area contributed by atoms with Crippen LogP contribution in [-0.2, 0) is 11.8 Å². The van der Waals surface area contributed by atoms with Gasteiger partial charge in [-0.1, -0.05) is 12.1 Å². The first kappa shape index (κ1) is 15.4. The molecular formula is C17H17N5O3. The van der Waals surface area contributed by atoms with Crippen LogP contribution in [0.1, 0.15) is 13.3 Å². The number of hydrogen-bond acceptors (Lipinski definition) is 6. The molecule has 0 unspecified atom stereocenters. The van der Waals surface area contributed by atoms with Gasteiger partial charge in [0.25, 0.3) is 11.8 Å². The molecule has 25 heavy (non-hydrogen) atoms. The predicted octanol–water partition coefficient (Wildman–Crippen LogP) is 2.27. The molecule has 4 rings (SSSR count). The number of benzene rings is 1. The molecule has 3 aromatic rings. The van der Waals surface area contributed by atoms with Crippen molar-refractivity contribution in [3.05, 3.63) is 30.5 Å². The van der Waals surface area contributed by atoms with E-state index >= 15 is 0 Å². The maximum Gasteiger partial charge on any atom is 0.276 e. The number of anilines is 1. The third-order valence-corrected chi connectivity index (χ3v) is 4.07. The Morgan fingerprint density at radius 2 is 2.16 bits per heavy atom. The molecular weight excluding hydrogens is 322 g/mol. The summed E-state index contributed by atoms with van der Waals surface area (Å²) in [6.45, 7) is 2.75. The highest BCUT2D eigenvalue weighted by Gasteiger charge is 2.26. The number of fused-ring (bicyclic) bond motifs is 1. The minimum absolute atomic E-state index is 0.0461. The molecule has 1 amide bonds. The second-order valence-corrected chi connectivity index (χ2v) is 5.78. The van der Waals surface area contributed by atoms with E-state index < -0.39 is 0 Å². The number of nitrogens with zero attached hydrogens (tertiary/aromatic N) is 5. The van der Waals surface area contributed by atoms with Gasteiger partial charge in [0.05, 0.1) is 5.69 Å². The van der Waals surface area contributed by atoms with Gasteiger partial charge in [0.1, 0.15) is 11.4 Å². The van der Waals surface area contributed by atoms with Crippen LogP contribution in [0.3, 0.4) is 0 Å². The highest BCUT2D eigenvalue weighted by atomic mass is 16.5. The van der Waals surface area contributed by atoms with E-state index in [1.54, 1.807) is 21.8 Å². The smallest absolute Gasteiger partial charge is 0.276 e. The number of ether oxygens (including phenoxy) is 1. The molecule has 1 aliphatic rings. The van der Waals surface area contributed by atoms with Crippen LogP contribution in [0.25, 0.3) is 23.0 Å². The Balaban J connectivity index is 1.72. The first-order chi connectivity index (χ1) is 12.2. The standard InChI is InChI=1S/C17H17N5O3/c1-3-8-22-13-9-11(4-5-14(13)24-10-15(22)23)16-19-17(25-20-16)12-6-7-18-21(12)2/h4-7,9H,3,8,10H2,1-2H3. The summed E-state index contributed by atoms with van der Waals surface area (Å²) < 4.78 is 12.5. The van der Waals surface area contributed by atoms with Crippen molar-refractivity contribution in [3.63, 3.8) is 0 Å². The minimum Gasteiger partial charge on any atom is -0.482 e. The maximum absolute atomic E-state index is 12.1. The van der Waals surface area contributed by atoms with E-state index in [4.69, 9.17) is 9.26 Å². The third-order valence-electron chi connectivity index (χ3n) is 4.07. The van der Waals surface area contributed by atoms with Crippen LogP contribution in [0.5, 0.6) is 5.75 Å². The van der Waals surface area contributed by atoms with Gasteiger partial charge in [-0.2, -0.15) is 10.1 Å². The Morgan fingerprint density at radius 3 is 2.92 bits per heavy atom. The summed E-state index contributed by atoms with van der Waals surface area (Å²) in [6, 6.07) is 7.36. The molecule has 0 saturated heterocycles. The predicted molar refractivity (Wildman–Crippen MR) is 90.1 cm³/mol. The SMILES string of the molecule is CCCN1C(=O)COc2ccc(-c3noc(-c4ccnn4C)n3)cc21. The van der Waals surface area contributed by atoms with Crippen LogP contribution in [0, 0.1) is 0 Å². The largest absolute Gasteiger partial charge is 0.482 e. The number of carbonyl (C=O) groups excluding carboxylic acids is 1. The molecule has 8 nitrogen and oxygen atoms in total. The molecule has 8 heteroatoms. The van der Waals surface area contributed by atoms with Crippen molar-refractivity contribution in [1.82, 2.24) is 19.9 Å². The van der Waals surface area contributed by atoms with Gasteiger partial charge in [-0.25, -0.2) is 0 Å². The highest BCUT2D eigenvalue weighted by molar-refractivity contribution is 5.98. The minimum atomic E-state index is -0.0461. The summed E-state index contributed by atoms with van der Waals surface area (Å²) in [5.74, 6) is 1.49. The van der Waals surface area contributed by atoms with Gasteiger partial charge in [-0.15, -0.1) is 0 Å². The Labute approximate surface area is 144 Å². The monoisotopic (exact) mass is 339 g/mol. The zero-order valence-corrected chi connectivity index (χ0v) is 14.0. The van der Waals surface area contributed by atoms with Gasteiger partial charge in [0, 0.05) is 25.4 Å². The first-order valence-corrected chi connectivity index (χ1v) is 8.07. The molecule has 1 aromatic carbocycles. The van der Waals surface area contributed by atoms with Crippen LogP contribution in [0.4, 0.5) is 5.69 Å². The lowest BCUT2D eigenvalue weighted by Crippen LogP contribution is -2.39. The van der Waals surface area contributed by atoms with Crippen molar-refractivity contribution < 1.29 is 14.1 Å². The zero-order valence-electron chi connectivity index (χ0n) is 14.0. The van der Waals surface area contributed by atoms with Crippen LogP contribution >= 0.6 is 0 Å². The van der Waals surface area contributed by atoms with Crippen molar-refractivity contribution in [1.29, 1.82) is 0 Å². The Hall–Kier alpha value is -3.16. The van der Waals surface area contributed by atoms with E-state index in [0.717, 1.165) is 23.4 Å². The number of rotatable bonds is 4. The molecule has 1 aliphatic heterocycles. The zero-order chi connectivity index (χ0) is 17.4. The van der Waals surface area contributed by atoms with E-state index in [1.165, 1.54) is 0 Å². The fourth-order valence-corrected chi connectivity index (χ4v) is 2.84. The Kier molecular flexibility index (Phi) is 3.72. The van der Waals surface area contributed by atoms with Gasteiger partial charge in [0.15, 0.2) is 6.61 Å². The molecule has 2 aromatic heterocycles. The molecule has 0 saturated carbocycles. The van der Waals surface area contributed by atoms with Crippen molar-refractivity contribution in [2.45, 2.75) is 13.3 Å². The van der Waals surface area contributed by atoms with Crippen molar-refractivity contribution in [2.24, 2.45) is 7.05 Å². The fourth-order valence-electron chi connectivity index (χ4n) is 2.84. The quantitative estimate of drug-likeness (QED) is 0.725. The van der Waals surface area contributed by atoms with E-state index in [1.807, 2.05) is 32.2 Å². The average molecular weight is 339 g/mol. The number of aromatic nitrogens is 4. The maximum atomic E-state index is 12.1. The van der Waals surface area contributed by atoms with E-state index in [2.05, 4.69) is 15.2 Å². The average Bonchev–Trinajstić information content (AvgIpc) is 3.26. The number of carbonyl (C=O) groups is 1. The number of aryl methyl sites for hydroxylation is 1. The van der Waals surface area contributed by atoms with Crippen molar-refractivity contribution >= 4 is 11.6 Å². The first-order valence-electron chi connectivity index (χ1n) is 8.07. The molecule has 0 spiro atoms. The Bertz CT molecular complexity index is 930. The lowest BCUT2D eigenvalue weighted by atomic mass is 10.1. The second kappa shape index (κ2) is 6.04. The fraction of sp³-hybridized carbons (Fsp3) is 0.294. The number of amides is 1. The summed E-state index contributed by atoms with van der Waals surface area (Å²) in [4.78, 5) is 18.3. The van der Waals surface area contributed by atoms with E-state index in [9.17, 15) is 4.79 Å². The van der Waals surface area contributed by atoms with Crippen molar-refractivity contribution in [3.8, 4) is 28.7 Å². The molecule has 0 fully saturated rings. The summed E-state index contributed by atoms with van der Waals surface area (Å²) in [7, 11) is 1.81. The summed E-state index contributed by atoms with van der Waals surface area (Å²) in [5.41, 5.74) is 2.24. The summed E-state index contributed by atoms with van der Waals surface area (Å²) in [5, 5.41) is 8.15. The van der Waals surface area contributed by atoms with E-state index in [0.29, 0.717) is 24.0 Å². The van der Waals surface area contributed by atoms with Crippen LogP contribution in [-0.4, -0.2) is 39.0 Å². The van der Waals surface area contributed by atoms with Crippen LogP contribution in [0.15, 0.2) is 35.0 Å². The van der Waals surface area contributed by atoms with E-state index in [-0.39, 0.29) is 12.5 Å². The normalized spacial score (nSPS) is 13.7. The molecule has 0 bridgehead atoms. The highest BCUT2D eigenvalue weighted by Crippen LogP contribution is 2.35. The Morgan fingerprint density at radius 1 is 1.28 bits per heavy atom. The molecule has 0 N–H and O–H groups in total. The lowest BCUT2D eigenvalue weighted by molar-refractivity contribution is -0.121. The lowest BCUT2D eigenvalue weighted by Gasteiger charge is -2.29. The summed E-state index contributed by atoms with van der Waals surface area (Å²) in [6.07, 6.45) is 2.53. The van der Waals surface area contributed by atoms with Gasteiger partial charge in [-0.05, 0) is 30.7 Å². The topological polar surface area (TPSA) is 86.3 Å². The number of hydrogen-bond donors (Lipinski definition) is 0. The van der Waals surface area contributed by atoms with Crippen molar-refractivity contribution in [2.75, 3.05) is 18.1 Å². The van der Waals surface area contributed by atoms with Gasteiger partial charge < -0.3 is 14.2 Å². The molecule has 0 aliphatic carbocycles. The molecule has 128 valence electrons. The van der Waals surface area contributed by atoms with Gasteiger partial charge in [0.2, 0.25) is 5.82 Å². The second-order valence-electron chi connectivity index (χ2n) is 5.78. The van der Waals surface area contributed by atoms with Gasteiger partial charge in [-0.3, -0.25) is 9.48 Å².